The van der Waals surface area contributed by atoms with Crippen LogP contribution < -0.4 is 5.32 Å². The molecule has 1 N–H and O–H groups in total. The van der Waals surface area contributed by atoms with Gasteiger partial charge in [0.1, 0.15) is 0 Å². The van der Waals surface area contributed by atoms with Crippen LogP contribution in [0, 0.1) is 6.92 Å². The average molecular weight is 336 g/mol. The third-order valence-corrected chi connectivity index (χ3v) is 5.22. The number of carbonyl (C=O) groups is 1. The molecule has 1 unspecified atom stereocenters. The van der Waals surface area contributed by atoms with Gasteiger partial charge in [-0.3, -0.25) is 9.69 Å². The predicted molar refractivity (Wildman–Crippen MR) is 104 cm³/mol. The summed E-state index contributed by atoms with van der Waals surface area (Å²) < 4.78 is 0. The third kappa shape index (κ3) is 3.77. The van der Waals surface area contributed by atoms with Crippen LogP contribution in [0.15, 0.2) is 42.5 Å². The van der Waals surface area contributed by atoms with E-state index in [1.807, 2.05) is 7.05 Å². The molecule has 0 saturated heterocycles. The quantitative estimate of drug-likeness (QED) is 0.860. The van der Waals surface area contributed by atoms with Crippen LogP contribution in [0.4, 0.5) is 5.69 Å². The van der Waals surface area contributed by atoms with Crippen molar-refractivity contribution in [3.05, 3.63) is 64.7 Å². The molecule has 3 rings (SSSR count). The number of amides is 1. The lowest BCUT2D eigenvalue weighted by atomic mass is 9.98. The molecule has 0 saturated carbocycles. The summed E-state index contributed by atoms with van der Waals surface area (Å²) in [6.07, 6.45) is 2.19. The highest BCUT2D eigenvalue weighted by molar-refractivity contribution is 5.94. The van der Waals surface area contributed by atoms with Crippen molar-refractivity contribution >= 4 is 11.6 Å². The van der Waals surface area contributed by atoms with Gasteiger partial charge >= 0.3 is 0 Å². The Morgan fingerprint density at radius 3 is 2.72 bits per heavy atom. The topological polar surface area (TPSA) is 32.3 Å². The number of anilines is 1. The van der Waals surface area contributed by atoms with E-state index in [-0.39, 0.29) is 5.91 Å². The van der Waals surface area contributed by atoms with Crippen molar-refractivity contribution in [2.24, 2.45) is 0 Å². The van der Waals surface area contributed by atoms with Gasteiger partial charge in [0.2, 0.25) is 5.91 Å². The molecule has 0 radical (unpaired) electrons. The number of fused-ring (bicyclic) bond motifs is 1. The summed E-state index contributed by atoms with van der Waals surface area (Å²) in [5.41, 5.74) is 6.08. The number of hydrogen-bond donors (Lipinski definition) is 1. The molecule has 3 nitrogen and oxygen atoms in total. The standard InChI is InChI=1S/C22H28N2O/c1-15(2)18-11-7-8-16(3)22(18)23-21(25)14-24(4)20-13-12-17-9-5-6-10-19(17)20/h5-11,15,20H,12-14H2,1-4H3,(H,23,25). The fourth-order valence-corrected chi connectivity index (χ4v) is 3.85. The number of hydrogen-bond acceptors (Lipinski definition) is 2. The zero-order chi connectivity index (χ0) is 18.0. The minimum absolute atomic E-state index is 0.0584. The monoisotopic (exact) mass is 336 g/mol. The van der Waals surface area contributed by atoms with E-state index in [0.29, 0.717) is 18.5 Å². The highest BCUT2D eigenvalue weighted by Crippen LogP contribution is 2.34. The first-order valence-electron chi connectivity index (χ1n) is 9.14. The summed E-state index contributed by atoms with van der Waals surface area (Å²) in [6.45, 7) is 6.78. The number of para-hydroxylation sites is 1. The molecule has 0 aliphatic heterocycles. The fourth-order valence-electron chi connectivity index (χ4n) is 3.85. The molecular weight excluding hydrogens is 308 g/mol. The van der Waals surface area contributed by atoms with Crippen molar-refractivity contribution in [3.8, 4) is 0 Å². The molecule has 132 valence electrons. The van der Waals surface area contributed by atoms with Crippen LogP contribution in [0.3, 0.4) is 0 Å². The molecule has 3 heteroatoms. The van der Waals surface area contributed by atoms with Gasteiger partial charge in [-0.15, -0.1) is 0 Å². The number of aryl methyl sites for hydroxylation is 2. The van der Waals surface area contributed by atoms with Gasteiger partial charge in [0, 0.05) is 11.7 Å². The number of carbonyl (C=O) groups excluding carboxylic acids is 1. The van der Waals surface area contributed by atoms with Crippen LogP contribution in [0.1, 0.15) is 54.5 Å². The first kappa shape index (κ1) is 17.7. The van der Waals surface area contributed by atoms with Crippen molar-refractivity contribution in [1.29, 1.82) is 0 Å². The van der Waals surface area contributed by atoms with Gasteiger partial charge in [0.15, 0.2) is 0 Å². The van der Waals surface area contributed by atoms with Gasteiger partial charge in [-0.05, 0) is 55.0 Å². The summed E-state index contributed by atoms with van der Waals surface area (Å²) in [5, 5.41) is 3.16. The normalized spacial score (nSPS) is 16.3. The Hall–Kier alpha value is -2.13. The van der Waals surface area contributed by atoms with Gasteiger partial charge < -0.3 is 5.32 Å². The van der Waals surface area contributed by atoms with E-state index in [1.165, 1.54) is 16.7 Å². The third-order valence-electron chi connectivity index (χ3n) is 5.22. The van der Waals surface area contributed by atoms with E-state index in [2.05, 4.69) is 73.5 Å². The summed E-state index contributed by atoms with van der Waals surface area (Å²) in [7, 11) is 2.05. The highest BCUT2D eigenvalue weighted by atomic mass is 16.2. The van der Waals surface area contributed by atoms with Crippen LogP contribution in [0.25, 0.3) is 0 Å². The van der Waals surface area contributed by atoms with E-state index in [0.717, 1.165) is 24.1 Å². The smallest absolute Gasteiger partial charge is 0.238 e. The Kier molecular flexibility index (Phi) is 5.24. The molecule has 0 fully saturated rings. The lowest BCUT2D eigenvalue weighted by Crippen LogP contribution is -2.33. The van der Waals surface area contributed by atoms with Crippen molar-refractivity contribution in [2.75, 3.05) is 18.9 Å². The lowest BCUT2D eigenvalue weighted by molar-refractivity contribution is -0.117. The van der Waals surface area contributed by atoms with Crippen LogP contribution in [0.5, 0.6) is 0 Å². The molecule has 0 aromatic heterocycles. The van der Waals surface area contributed by atoms with Crippen LogP contribution in [0.2, 0.25) is 0 Å². The SMILES string of the molecule is Cc1cccc(C(C)C)c1NC(=O)CN(C)C1CCc2ccccc21. The molecular formula is C22H28N2O. The first-order valence-corrected chi connectivity index (χ1v) is 9.14. The number of rotatable bonds is 5. The maximum absolute atomic E-state index is 12.7. The van der Waals surface area contributed by atoms with Crippen molar-refractivity contribution < 1.29 is 4.79 Å². The molecule has 1 atom stereocenters. The number of likely N-dealkylation sites (N-methyl/N-ethyl adjacent to an activating group) is 1. The van der Waals surface area contributed by atoms with Crippen LogP contribution in [-0.4, -0.2) is 24.4 Å². The van der Waals surface area contributed by atoms with Crippen molar-refractivity contribution in [3.63, 3.8) is 0 Å². The Bertz CT molecular complexity index is 766. The molecule has 0 heterocycles. The van der Waals surface area contributed by atoms with E-state index in [9.17, 15) is 4.79 Å². The van der Waals surface area contributed by atoms with Gasteiger partial charge in [-0.1, -0.05) is 56.3 Å². The van der Waals surface area contributed by atoms with E-state index in [4.69, 9.17) is 0 Å². The number of nitrogens with zero attached hydrogens (tertiary/aromatic N) is 1. The largest absolute Gasteiger partial charge is 0.324 e. The van der Waals surface area contributed by atoms with Crippen LogP contribution in [-0.2, 0) is 11.2 Å². The highest BCUT2D eigenvalue weighted by Gasteiger charge is 2.26. The second kappa shape index (κ2) is 7.40. The Labute approximate surface area is 151 Å². The van der Waals surface area contributed by atoms with Crippen molar-refractivity contribution in [2.45, 2.75) is 45.6 Å². The second-order valence-corrected chi connectivity index (χ2v) is 7.41. The minimum Gasteiger partial charge on any atom is -0.324 e. The maximum atomic E-state index is 12.7. The zero-order valence-corrected chi connectivity index (χ0v) is 15.7. The van der Waals surface area contributed by atoms with Crippen LogP contribution >= 0.6 is 0 Å². The Balaban J connectivity index is 1.70. The first-order chi connectivity index (χ1) is 12.0. The Morgan fingerprint density at radius 1 is 1.20 bits per heavy atom. The van der Waals surface area contributed by atoms with E-state index in [1.54, 1.807) is 0 Å². The molecule has 1 aliphatic carbocycles. The van der Waals surface area contributed by atoms with E-state index >= 15 is 0 Å². The predicted octanol–water partition coefficient (Wildman–Crippen LogP) is 4.68. The summed E-state index contributed by atoms with van der Waals surface area (Å²) >= 11 is 0. The molecule has 2 aromatic carbocycles. The van der Waals surface area contributed by atoms with Gasteiger partial charge in [-0.2, -0.15) is 0 Å². The summed E-state index contributed by atoms with van der Waals surface area (Å²) in [4.78, 5) is 14.8. The molecule has 2 aromatic rings. The Morgan fingerprint density at radius 2 is 1.96 bits per heavy atom. The molecule has 25 heavy (non-hydrogen) atoms. The van der Waals surface area contributed by atoms with Crippen molar-refractivity contribution in [1.82, 2.24) is 4.90 Å². The fraction of sp³-hybridized carbons (Fsp3) is 0.409. The molecule has 1 aliphatic rings. The number of benzene rings is 2. The molecule has 0 spiro atoms. The maximum Gasteiger partial charge on any atom is 0.238 e. The lowest BCUT2D eigenvalue weighted by Gasteiger charge is -2.25. The van der Waals surface area contributed by atoms with Gasteiger partial charge in [0.05, 0.1) is 6.54 Å². The minimum atomic E-state index is 0.0584. The molecule has 1 amide bonds. The van der Waals surface area contributed by atoms with Gasteiger partial charge in [0.25, 0.3) is 0 Å². The molecule has 0 bridgehead atoms. The average Bonchev–Trinajstić information content (AvgIpc) is 3.00. The second-order valence-electron chi connectivity index (χ2n) is 7.41. The van der Waals surface area contributed by atoms with E-state index < -0.39 is 0 Å². The zero-order valence-electron chi connectivity index (χ0n) is 15.7. The summed E-state index contributed by atoms with van der Waals surface area (Å²) in [6, 6.07) is 15.1. The summed E-state index contributed by atoms with van der Waals surface area (Å²) in [5.74, 6) is 0.442. The van der Waals surface area contributed by atoms with Gasteiger partial charge in [-0.25, -0.2) is 0 Å². The number of nitrogens with one attached hydrogen (secondary N) is 1.